The second kappa shape index (κ2) is 20.2. The molecule has 6 N–H and O–H groups in total. The molecule has 5 aromatic carbocycles. The van der Waals surface area contributed by atoms with E-state index in [0.717, 1.165) is 52.3 Å². The van der Waals surface area contributed by atoms with E-state index < -0.39 is 6.23 Å². The topological polar surface area (TPSA) is 177 Å². The Hall–Kier alpha value is -6.23. The molecule has 4 aliphatic heterocycles. The average Bonchev–Trinajstić information content (AvgIpc) is 3.82. The van der Waals surface area contributed by atoms with Crippen LogP contribution in [0.4, 0.5) is 28.4 Å². The zero-order valence-electron chi connectivity index (χ0n) is 38.8. The van der Waals surface area contributed by atoms with Gasteiger partial charge in [0.1, 0.15) is 13.2 Å². The van der Waals surface area contributed by atoms with Crippen LogP contribution in [0.1, 0.15) is 83.9 Å². The number of benzene rings is 5. The van der Waals surface area contributed by atoms with Crippen molar-refractivity contribution in [2.75, 3.05) is 58.8 Å². The number of fused-ring (bicyclic) bond motifs is 8. The fourth-order valence-electron chi connectivity index (χ4n) is 9.50. The Morgan fingerprint density at radius 2 is 1.41 bits per heavy atom. The molecule has 1 unspecified atom stereocenters. The molecule has 14 nitrogen and oxygen atoms in total. The predicted octanol–water partition coefficient (Wildman–Crippen LogP) is 8.85. The fraction of sp³-hybridized carbons (Fsp3) is 0.365. The lowest BCUT2D eigenvalue weighted by molar-refractivity contribution is -0.118. The van der Waals surface area contributed by atoms with Crippen LogP contribution in [-0.4, -0.2) is 72.7 Å². The number of rotatable bonds is 18. The van der Waals surface area contributed by atoms with Crippen molar-refractivity contribution < 1.29 is 38.4 Å². The Morgan fingerprint density at radius 3 is 2.12 bits per heavy atom. The van der Waals surface area contributed by atoms with Crippen molar-refractivity contribution >= 4 is 67.7 Å². The van der Waals surface area contributed by atoms with E-state index >= 15 is 0 Å². The first-order valence-corrected chi connectivity index (χ1v) is 25.3. The third-order valence-electron chi connectivity index (χ3n) is 12.9. The highest BCUT2D eigenvalue weighted by Crippen LogP contribution is 2.46. The number of aliphatic hydroxyl groups is 1. The lowest BCUT2D eigenvalue weighted by Crippen LogP contribution is -2.39. The largest absolute Gasteiger partial charge is 0.493 e. The highest BCUT2D eigenvalue weighted by molar-refractivity contribution is 8.77. The molecular formula is C52H58N6O8S2. The van der Waals surface area contributed by atoms with E-state index in [1.54, 1.807) is 41.9 Å². The lowest BCUT2D eigenvalue weighted by atomic mass is 10.1. The minimum Gasteiger partial charge on any atom is -0.493 e. The molecule has 0 saturated heterocycles. The van der Waals surface area contributed by atoms with Gasteiger partial charge in [-0.2, -0.15) is 0 Å². The molecule has 9 rings (SSSR count). The van der Waals surface area contributed by atoms with Crippen molar-refractivity contribution in [3.63, 3.8) is 0 Å². The lowest BCUT2D eigenvalue weighted by Gasteiger charge is -2.30. The number of hydrogen-bond acceptors (Lipinski definition) is 13. The van der Waals surface area contributed by atoms with Crippen molar-refractivity contribution in [1.29, 1.82) is 0 Å². The molecule has 0 spiro atoms. The van der Waals surface area contributed by atoms with Crippen LogP contribution in [0.25, 0.3) is 0 Å². The van der Waals surface area contributed by atoms with Gasteiger partial charge in [-0.3, -0.25) is 14.4 Å². The number of nitrogens with zero attached hydrogens (tertiary/aromatic N) is 2. The predicted molar refractivity (Wildman–Crippen MR) is 271 cm³/mol. The summed E-state index contributed by atoms with van der Waals surface area (Å²) in [5.74, 6) is 2.12. The van der Waals surface area contributed by atoms with Gasteiger partial charge in [0.2, 0.25) is 11.8 Å². The molecular weight excluding hydrogens is 901 g/mol. The van der Waals surface area contributed by atoms with E-state index in [2.05, 4.69) is 52.9 Å². The Bertz CT molecular complexity index is 2720. The second-order valence-electron chi connectivity index (χ2n) is 18.2. The van der Waals surface area contributed by atoms with Crippen LogP contribution in [0.3, 0.4) is 0 Å². The van der Waals surface area contributed by atoms with Crippen molar-refractivity contribution in [3.8, 4) is 23.0 Å². The SMILES string of the molecule is COc1cc2c(cc1OCc1cc(COc3cc4c(cc3OC)C(O)N3c5ccccc5C[C@H]3CN4)cc(NC(=O)CCC(C)(C)SSCCCC(N)=O)c1)NC[C@@H]1Cc3ccccc3N1C2=O. The van der Waals surface area contributed by atoms with Gasteiger partial charge in [-0.1, -0.05) is 58.0 Å². The zero-order valence-corrected chi connectivity index (χ0v) is 40.4. The summed E-state index contributed by atoms with van der Waals surface area (Å²) in [5.41, 5.74) is 14.4. The molecule has 0 saturated carbocycles. The Kier molecular flexibility index (Phi) is 13.9. The monoisotopic (exact) mass is 958 g/mol. The molecule has 68 heavy (non-hydrogen) atoms. The first-order chi connectivity index (χ1) is 32.9. The average molecular weight is 959 g/mol. The van der Waals surface area contributed by atoms with Crippen LogP contribution >= 0.6 is 21.6 Å². The third-order valence-corrected chi connectivity index (χ3v) is 16.3. The summed E-state index contributed by atoms with van der Waals surface area (Å²) in [6.45, 7) is 5.68. The van der Waals surface area contributed by atoms with Gasteiger partial charge in [-0.05, 0) is 104 Å². The van der Waals surface area contributed by atoms with Crippen LogP contribution in [0, 0.1) is 0 Å². The first-order valence-electron chi connectivity index (χ1n) is 23.0. The number of carbonyl (C=O) groups excluding carboxylic acids is 3. The molecule has 0 aliphatic carbocycles. The van der Waals surface area contributed by atoms with Crippen molar-refractivity contribution in [2.45, 2.75) is 88.6 Å². The number of nitrogens with one attached hydrogen (secondary N) is 3. The van der Waals surface area contributed by atoms with Gasteiger partial charge >= 0.3 is 0 Å². The van der Waals surface area contributed by atoms with Gasteiger partial charge < -0.3 is 55.5 Å². The number of ether oxygens (including phenoxy) is 4. The molecule has 4 aliphatic rings. The number of anilines is 5. The molecule has 3 atom stereocenters. The van der Waals surface area contributed by atoms with Gasteiger partial charge in [0.15, 0.2) is 29.2 Å². The quantitative estimate of drug-likeness (QED) is 0.0416. The summed E-state index contributed by atoms with van der Waals surface area (Å²) >= 11 is 0. The summed E-state index contributed by atoms with van der Waals surface area (Å²) in [4.78, 5) is 42.8. The normalized spacial score (nSPS) is 17.7. The molecule has 16 heteroatoms. The number of primary amides is 1. The summed E-state index contributed by atoms with van der Waals surface area (Å²) in [6.07, 6.45) is 2.72. The first kappa shape index (κ1) is 46.9. The highest BCUT2D eigenvalue weighted by Gasteiger charge is 2.39. The van der Waals surface area contributed by atoms with Crippen molar-refractivity contribution in [1.82, 2.24) is 0 Å². The summed E-state index contributed by atoms with van der Waals surface area (Å²) < 4.78 is 24.5. The molecule has 0 bridgehead atoms. The number of para-hydroxylation sites is 2. The van der Waals surface area contributed by atoms with Gasteiger partial charge in [0, 0.05) is 76.9 Å². The van der Waals surface area contributed by atoms with Gasteiger partial charge in [0.25, 0.3) is 5.91 Å². The van der Waals surface area contributed by atoms with Gasteiger partial charge in [-0.15, -0.1) is 0 Å². The standard InChI is InChI=1S/C52H58N6O8S2/c1-52(2,68-67-17-9-14-48(53)59)16-15-49(60)56-35-19-31(29-65-46-25-40-38(23-44(46)63-3)50(61)57-36(27-54-40)21-33-10-5-7-12-42(33)57)18-32(20-35)30-66-47-26-41-39(24-45(47)64-4)51(62)58-37(28-55-41)22-34-11-6-8-13-43(34)58/h5-8,10-13,18-20,23-26,36-37,50,54-55,61H,9,14-17,21-22,27-30H2,1-4H3,(H2,53,59)(H,56,60)/t36-,37-,50?/m0/s1. The number of nitrogens with two attached hydrogens (primary N) is 1. The molecule has 0 radical (unpaired) electrons. The van der Waals surface area contributed by atoms with Crippen LogP contribution < -0.4 is 50.4 Å². The van der Waals surface area contributed by atoms with E-state index in [-0.39, 0.29) is 47.8 Å². The van der Waals surface area contributed by atoms with Crippen LogP contribution in [-0.2, 0) is 35.6 Å². The van der Waals surface area contributed by atoms with Crippen molar-refractivity contribution in [2.24, 2.45) is 5.73 Å². The van der Waals surface area contributed by atoms with E-state index in [0.29, 0.717) is 84.3 Å². The third kappa shape index (κ3) is 10.1. The number of amides is 3. The van der Waals surface area contributed by atoms with Crippen LogP contribution in [0.15, 0.2) is 91.0 Å². The molecule has 0 fully saturated rings. The number of hydrogen-bond donors (Lipinski definition) is 5. The van der Waals surface area contributed by atoms with Gasteiger partial charge in [-0.25, -0.2) is 0 Å². The molecule has 4 heterocycles. The Morgan fingerprint density at radius 1 is 0.794 bits per heavy atom. The minimum atomic E-state index is -0.889. The summed E-state index contributed by atoms with van der Waals surface area (Å²) in [6, 6.07) is 29.3. The van der Waals surface area contributed by atoms with E-state index in [4.69, 9.17) is 24.7 Å². The summed E-state index contributed by atoms with van der Waals surface area (Å²) in [7, 11) is 6.53. The van der Waals surface area contributed by atoms with E-state index in [1.165, 1.54) is 5.56 Å². The minimum absolute atomic E-state index is 0.0195. The Balaban J connectivity index is 0.938. The van der Waals surface area contributed by atoms with Crippen LogP contribution in [0.5, 0.6) is 23.0 Å². The molecule has 3 amide bonds. The van der Waals surface area contributed by atoms with Gasteiger partial charge in [0.05, 0.1) is 37.6 Å². The number of methoxy groups -OCH3 is 2. The van der Waals surface area contributed by atoms with Crippen molar-refractivity contribution in [3.05, 3.63) is 124 Å². The zero-order chi connectivity index (χ0) is 47.5. The van der Waals surface area contributed by atoms with Crippen LogP contribution in [0.2, 0.25) is 0 Å². The number of carbonyl (C=O) groups is 3. The fourth-order valence-corrected chi connectivity index (χ4v) is 12.2. The van der Waals surface area contributed by atoms with E-state index in [9.17, 15) is 19.5 Å². The molecule has 0 aromatic heterocycles. The number of aliphatic hydroxyl groups excluding tert-OH is 1. The second-order valence-corrected chi connectivity index (χ2v) is 21.4. The molecule has 356 valence electrons. The maximum absolute atomic E-state index is 14.1. The molecule has 5 aromatic rings. The highest BCUT2D eigenvalue weighted by atomic mass is 33.1. The maximum atomic E-state index is 14.1. The summed E-state index contributed by atoms with van der Waals surface area (Å²) in [5, 5.41) is 22.0. The Labute approximate surface area is 405 Å². The van der Waals surface area contributed by atoms with E-state index in [1.807, 2.05) is 71.6 Å². The maximum Gasteiger partial charge on any atom is 0.260 e. The smallest absolute Gasteiger partial charge is 0.260 e.